The normalized spacial score (nSPS) is 16.8. The Balaban J connectivity index is 2.50. The molecule has 0 bridgehead atoms. The summed E-state index contributed by atoms with van der Waals surface area (Å²) in [6, 6.07) is 6.56. The van der Waals surface area contributed by atoms with E-state index in [0.29, 0.717) is 11.3 Å². The number of amides is 2. The highest BCUT2D eigenvalue weighted by Gasteiger charge is 2.53. The molecule has 2 amide bonds. The number of carbonyl (C=O) groups excluding carboxylic acids is 2. The predicted molar refractivity (Wildman–Crippen MR) is 76.0 cm³/mol. The molecule has 0 spiro atoms. The zero-order valence-electron chi connectivity index (χ0n) is 12.3. The molecule has 1 aromatic carbocycles. The number of aliphatic hydroxyl groups excluding tert-OH is 2. The van der Waals surface area contributed by atoms with Crippen LogP contribution in [0.25, 0.3) is 0 Å². The first-order chi connectivity index (χ1) is 9.77. The number of hydrogen-bond acceptors (Lipinski definition) is 5. The van der Waals surface area contributed by atoms with E-state index in [1.165, 1.54) is 0 Å². The van der Waals surface area contributed by atoms with E-state index < -0.39 is 36.2 Å². The molecule has 1 aromatic rings. The molecule has 0 aliphatic carbocycles. The number of fused-ring (bicyclic) bond motifs is 1. The van der Waals surface area contributed by atoms with E-state index in [0.717, 1.165) is 4.90 Å². The third kappa shape index (κ3) is 2.41. The molecule has 0 atom stereocenters. The third-order valence-corrected chi connectivity index (χ3v) is 3.39. The van der Waals surface area contributed by atoms with Crippen LogP contribution in [0, 0.1) is 0 Å². The van der Waals surface area contributed by atoms with Crippen LogP contribution in [0.15, 0.2) is 24.3 Å². The molecular formula is C15H19NO5. The molecule has 0 saturated carbocycles. The largest absolute Gasteiger partial charge is 0.443 e. The van der Waals surface area contributed by atoms with Crippen molar-refractivity contribution in [3.05, 3.63) is 29.8 Å². The third-order valence-electron chi connectivity index (χ3n) is 3.39. The molecule has 2 N–H and O–H groups in total. The number of hydrogen-bond donors (Lipinski definition) is 2. The molecule has 0 aromatic heterocycles. The van der Waals surface area contributed by atoms with Crippen molar-refractivity contribution in [3.8, 4) is 0 Å². The highest BCUT2D eigenvalue weighted by Crippen LogP contribution is 2.42. The fourth-order valence-corrected chi connectivity index (χ4v) is 2.36. The second-order valence-corrected chi connectivity index (χ2v) is 6.04. The van der Waals surface area contributed by atoms with E-state index in [1.807, 2.05) is 0 Å². The van der Waals surface area contributed by atoms with Crippen molar-refractivity contribution in [2.75, 3.05) is 18.1 Å². The first-order valence-electron chi connectivity index (χ1n) is 6.65. The first kappa shape index (κ1) is 15.5. The van der Waals surface area contributed by atoms with E-state index in [2.05, 4.69) is 0 Å². The van der Waals surface area contributed by atoms with Crippen molar-refractivity contribution >= 4 is 17.7 Å². The Hall–Kier alpha value is -1.92. The second-order valence-electron chi connectivity index (χ2n) is 6.04. The molecule has 1 aliphatic heterocycles. The van der Waals surface area contributed by atoms with Crippen molar-refractivity contribution in [1.29, 1.82) is 0 Å². The van der Waals surface area contributed by atoms with Gasteiger partial charge in [-0.25, -0.2) is 9.69 Å². The van der Waals surface area contributed by atoms with Crippen LogP contribution in [0.4, 0.5) is 10.5 Å². The fraction of sp³-hybridized carbons (Fsp3) is 0.467. The number of anilines is 1. The highest BCUT2D eigenvalue weighted by molar-refractivity contribution is 6.21. The fourth-order valence-electron chi connectivity index (χ4n) is 2.36. The Morgan fingerprint density at radius 1 is 1.24 bits per heavy atom. The van der Waals surface area contributed by atoms with Crippen LogP contribution in [0.3, 0.4) is 0 Å². The van der Waals surface area contributed by atoms with Gasteiger partial charge in [0.2, 0.25) is 0 Å². The molecule has 6 heteroatoms. The van der Waals surface area contributed by atoms with Crippen molar-refractivity contribution in [1.82, 2.24) is 0 Å². The summed E-state index contributed by atoms with van der Waals surface area (Å²) < 4.78 is 5.23. The van der Waals surface area contributed by atoms with Gasteiger partial charge in [0, 0.05) is 0 Å². The number of aliphatic hydroxyl groups is 2. The van der Waals surface area contributed by atoms with E-state index in [4.69, 9.17) is 4.74 Å². The van der Waals surface area contributed by atoms with Gasteiger partial charge in [0.1, 0.15) is 11.0 Å². The maximum absolute atomic E-state index is 12.6. The zero-order valence-corrected chi connectivity index (χ0v) is 12.3. The average Bonchev–Trinajstić information content (AvgIpc) is 2.65. The summed E-state index contributed by atoms with van der Waals surface area (Å²) in [5.41, 5.74) is -1.51. The Kier molecular flexibility index (Phi) is 3.78. The molecule has 1 heterocycles. The van der Waals surface area contributed by atoms with Crippen LogP contribution in [0.2, 0.25) is 0 Å². The number of imide groups is 1. The van der Waals surface area contributed by atoms with Crippen molar-refractivity contribution < 1.29 is 24.5 Å². The lowest BCUT2D eigenvalue weighted by Crippen LogP contribution is -2.48. The standard InChI is InChI=1S/C15H19NO5/c1-14(2,3)21-13(20)16-11-7-5-4-6-10(11)15(8-17,9-18)12(16)19/h4-7,17-18H,8-9H2,1-3H3. The van der Waals surface area contributed by atoms with Gasteiger partial charge in [0.05, 0.1) is 18.9 Å². The smallest absolute Gasteiger partial charge is 0.421 e. The molecule has 2 rings (SSSR count). The summed E-state index contributed by atoms with van der Waals surface area (Å²) in [5.74, 6) is -0.678. The average molecular weight is 293 g/mol. The minimum Gasteiger partial charge on any atom is -0.443 e. The summed E-state index contributed by atoms with van der Waals surface area (Å²) in [5, 5.41) is 19.2. The number of nitrogens with zero attached hydrogens (tertiary/aromatic N) is 1. The molecule has 1 aliphatic rings. The van der Waals surface area contributed by atoms with Gasteiger partial charge < -0.3 is 14.9 Å². The van der Waals surface area contributed by atoms with Crippen molar-refractivity contribution in [2.45, 2.75) is 31.8 Å². The number of carbonyl (C=O) groups is 2. The van der Waals surface area contributed by atoms with Crippen LogP contribution in [0.5, 0.6) is 0 Å². The lowest BCUT2D eigenvalue weighted by atomic mass is 9.83. The van der Waals surface area contributed by atoms with Crippen LogP contribution in [-0.4, -0.2) is 41.0 Å². The molecule has 0 saturated heterocycles. The SMILES string of the molecule is CC(C)(C)OC(=O)N1C(=O)C(CO)(CO)c2ccccc21. The molecule has 6 nitrogen and oxygen atoms in total. The van der Waals surface area contributed by atoms with E-state index in [-0.39, 0.29) is 0 Å². The van der Waals surface area contributed by atoms with Gasteiger partial charge in [0.15, 0.2) is 0 Å². The topological polar surface area (TPSA) is 87.1 Å². The monoisotopic (exact) mass is 293 g/mol. The zero-order chi connectivity index (χ0) is 15.8. The minimum atomic E-state index is -1.51. The second kappa shape index (κ2) is 5.13. The van der Waals surface area contributed by atoms with Crippen molar-refractivity contribution in [2.24, 2.45) is 0 Å². The summed E-state index contributed by atoms with van der Waals surface area (Å²) in [6.07, 6.45) is -0.816. The highest BCUT2D eigenvalue weighted by atomic mass is 16.6. The molecule has 0 unspecified atom stereocenters. The first-order valence-corrected chi connectivity index (χ1v) is 6.65. The molecule has 0 fully saturated rings. The van der Waals surface area contributed by atoms with Crippen LogP contribution < -0.4 is 4.90 Å². The summed E-state index contributed by atoms with van der Waals surface area (Å²) in [4.78, 5) is 25.7. The van der Waals surface area contributed by atoms with Gasteiger partial charge in [-0.3, -0.25) is 4.79 Å². The minimum absolute atomic E-state index is 0.333. The van der Waals surface area contributed by atoms with Gasteiger partial charge in [0.25, 0.3) is 5.91 Å². The molecule has 114 valence electrons. The Bertz CT molecular complexity index is 572. The Morgan fingerprint density at radius 2 is 1.81 bits per heavy atom. The maximum atomic E-state index is 12.6. The van der Waals surface area contributed by atoms with Gasteiger partial charge in [-0.2, -0.15) is 0 Å². The Morgan fingerprint density at radius 3 is 2.33 bits per heavy atom. The lowest BCUT2D eigenvalue weighted by Gasteiger charge is -2.26. The number of rotatable bonds is 2. The number of ether oxygens (including phenoxy) is 1. The molecule has 0 radical (unpaired) electrons. The number of benzene rings is 1. The van der Waals surface area contributed by atoms with Gasteiger partial charge in [-0.05, 0) is 32.4 Å². The van der Waals surface area contributed by atoms with Crippen LogP contribution in [-0.2, 0) is 14.9 Å². The maximum Gasteiger partial charge on any atom is 0.421 e. The van der Waals surface area contributed by atoms with Crippen LogP contribution >= 0.6 is 0 Å². The van der Waals surface area contributed by atoms with Gasteiger partial charge in [-0.1, -0.05) is 18.2 Å². The summed E-state index contributed by atoms with van der Waals surface area (Å²) >= 11 is 0. The quantitative estimate of drug-likeness (QED) is 0.855. The van der Waals surface area contributed by atoms with Gasteiger partial charge in [-0.15, -0.1) is 0 Å². The van der Waals surface area contributed by atoms with E-state index >= 15 is 0 Å². The van der Waals surface area contributed by atoms with Gasteiger partial charge >= 0.3 is 6.09 Å². The van der Waals surface area contributed by atoms with E-state index in [1.54, 1.807) is 45.0 Å². The summed E-state index contributed by atoms with van der Waals surface area (Å²) in [6.45, 7) is 3.92. The van der Waals surface area contributed by atoms with Crippen molar-refractivity contribution in [3.63, 3.8) is 0 Å². The Labute approximate surface area is 122 Å². The predicted octanol–water partition coefficient (Wildman–Crippen LogP) is 1.19. The molecular weight excluding hydrogens is 274 g/mol. The number of para-hydroxylation sites is 1. The van der Waals surface area contributed by atoms with E-state index in [9.17, 15) is 19.8 Å². The molecule has 21 heavy (non-hydrogen) atoms. The lowest BCUT2D eigenvalue weighted by molar-refractivity contribution is -0.125. The summed E-state index contributed by atoms with van der Waals surface area (Å²) in [7, 11) is 0. The van der Waals surface area contributed by atoms with Crippen LogP contribution in [0.1, 0.15) is 26.3 Å².